The van der Waals surface area contributed by atoms with Crippen LogP contribution in [0.5, 0.6) is 0 Å². The van der Waals surface area contributed by atoms with Crippen LogP contribution in [0.3, 0.4) is 0 Å². The van der Waals surface area contributed by atoms with E-state index >= 15 is 0 Å². The Hall–Kier alpha value is -1.26. The molecule has 0 saturated carbocycles. The Labute approximate surface area is 108 Å². The SMILES string of the molecule is CCC1C(=O)NCCN1S(=O)(=O)c1nnc(N)s1. The molecule has 1 saturated heterocycles. The number of anilines is 1. The van der Waals surface area contributed by atoms with E-state index in [0.717, 1.165) is 15.6 Å². The van der Waals surface area contributed by atoms with E-state index in [1.165, 1.54) is 0 Å². The van der Waals surface area contributed by atoms with Crippen molar-refractivity contribution in [2.75, 3.05) is 18.8 Å². The Morgan fingerprint density at radius 3 is 2.83 bits per heavy atom. The zero-order valence-electron chi connectivity index (χ0n) is 9.66. The highest BCUT2D eigenvalue weighted by Gasteiger charge is 2.39. The number of hydrogen-bond acceptors (Lipinski definition) is 7. The van der Waals surface area contributed by atoms with Crippen molar-refractivity contribution < 1.29 is 13.2 Å². The van der Waals surface area contributed by atoms with Crippen LogP contribution in [0.2, 0.25) is 0 Å². The molecule has 1 amide bonds. The van der Waals surface area contributed by atoms with Crippen molar-refractivity contribution in [2.45, 2.75) is 23.7 Å². The molecule has 1 aromatic heterocycles. The van der Waals surface area contributed by atoms with Gasteiger partial charge in [-0.05, 0) is 6.42 Å². The van der Waals surface area contributed by atoms with Crippen molar-refractivity contribution >= 4 is 32.4 Å². The van der Waals surface area contributed by atoms with Gasteiger partial charge in [0.25, 0.3) is 10.0 Å². The number of nitrogens with zero attached hydrogens (tertiary/aromatic N) is 3. The lowest BCUT2D eigenvalue weighted by atomic mass is 10.2. The Morgan fingerprint density at radius 2 is 2.28 bits per heavy atom. The van der Waals surface area contributed by atoms with Gasteiger partial charge in [-0.2, -0.15) is 4.31 Å². The number of nitrogen functional groups attached to an aromatic ring is 1. The second-order valence-electron chi connectivity index (χ2n) is 3.74. The lowest BCUT2D eigenvalue weighted by Crippen LogP contribution is -2.56. The summed E-state index contributed by atoms with van der Waals surface area (Å²) in [5.41, 5.74) is 5.38. The van der Waals surface area contributed by atoms with E-state index in [-0.39, 0.29) is 21.9 Å². The second-order valence-corrected chi connectivity index (χ2v) is 6.81. The maximum Gasteiger partial charge on any atom is 0.273 e. The number of carbonyl (C=O) groups is 1. The van der Waals surface area contributed by atoms with Gasteiger partial charge in [-0.1, -0.05) is 18.3 Å². The molecule has 100 valence electrons. The number of piperazine rings is 1. The Bertz CT molecular complexity index is 555. The number of nitrogens with two attached hydrogens (primary N) is 1. The van der Waals surface area contributed by atoms with Crippen molar-refractivity contribution in [3.63, 3.8) is 0 Å². The summed E-state index contributed by atoms with van der Waals surface area (Å²) in [6.45, 7) is 2.28. The smallest absolute Gasteiger partial charge is 0.273 e. The van der Waals surface area contributed by atoms with Crippen LogP contribution < -0.4 is 11.1 Å². The molecule has 2 heterocycles. The highest BCUT2D eigenvalue weighted by atomic mass is 32.2. The maximum atomic E-state index is 12.3. The van der Waals surface area contributed by atoms with E-state index in [4.69, 9.17) is 5.73 Å². The van der Waals surface area contributed by atoms with Crippen LogP contribution >= 0.6 is 11.3 Å². The van der Waals surface area contributed by atoms with Gasteiger partial charge in [0.1, 0.15) is 6.04 Å². The summed E-state index contributed by atoms with van der Waals surface area (Å²) in [7, 11) is -3.80. The lowest BCUT2D eigenvalue weighted by Gasteiger charge is -2.32. The molecule has 1 fully saturated rings. The molecule has 0 radical (unpaired) electrons. The molecule has 1 atom stereocenters. The Balaban J connectivity index is 2.37. The molecular formula is C8H13N5O3S2. The predicted molar refractivity (Wildman–Crippen MR) is 65.3 cm³/mol. The zero-order valence-corrected chi connectivity index (χ0v) is 11.3. The molecule has 1 unspecified atom stereocenters. The molecule has 10 heteroatoms. The van der Waals surface area contributed by atoms with E-state index < -0.39 is 16.1 Å². The van der Waals surface area contributed by atoms with E-state index in [1.54, 1.807) is 6.92 Å². The van der Waals surface area contributed by atoms with E-state index in [9.17, 15) is 13.2 Å². The van der Waals surface area contributed by atoms with Gasteiger partial charge in [-0.25, -0.2) is 8.42 Å². The van der Waals surface area contributed by atoms with Crippen LogP contribution in [-0.4, -0.2) is 48.0 Å². The first-order valence-corrected chi connectivity index (χ1v) is 7.61. The number of aromatic nitrogens is 2. The van der Waals surface area contributed by atoms with Gasteiger partial charge in [-0.3, -0.25) is 4.79 Å². The highest BCUT2D eigenvalue weighted by molar-refractivity contribution is 7.91. The molecule has 8 nitrogen and oxygen atoms in total. The number of rotatable bonds is 3. The minimum absolute atomic E-state index is 0.0862. The monoisotopic (exact) mass is 291 g/mol. The third-order valence-corrected chi connectivity index (χ3v) is 5.63. The number of hydrogen-bond donors (Lipinski definition) is 2. The molecule has 1 aliphatic rings. The van der Waals surface area contributed by atoms with Gasteiger partial charge >= 0.3 is 0 Å². The molecule has 1 aromatic rings. The van der Waals surface area contributed by atoms with E-state index in [1.807, 2.05) is 0 Å². The van der Waals surface area contributed by atoms with Gasteiger partial charge in [0.15, 0.2) is 0 Å². The number of carbonyl (C=O) groups excluding carboxylic acids is 1. The summed E-state index contributed by atoms with van der Waals surface area (Å²) in [4.78, 5) is 11.6. The molecule has 1 aliphatic heterocycles. The van der Waals surface area contributed by atoms with Crippen LogP contribution in [0.25, 0.3) is 0 Å². The van der Waals surface area contributed by atoms with Crippen LogP contribution in [0.1, 0.15) is 13.3 Å². The third kappa shape index (κ3) is 2.18. The van der Waals surface area contributed by atoms with Crippen LogP contribution in [0.15, 0.2) is 4.34 Å². The normalized spacial score (nSPS) is 21.8. The number of amides is 1. The molecule has 2 rings (SSSR count). The van der Waals surface area contributed by atoms with E-state index in [2.05, 4.69) is 15.5 Å². The molecule has 0 bridgehead atoms. The predicted octanol–water partition coefficient (Wildman–Crippen LogP) is -0.981. The standard InChI is InChI=1S/C8H13N5O3S2/c1-2-5-6(14)10-3-4-13(5)18(15,16)8-12-11-7(9)17-8/h5H,2-4H2,1H3,(H2,9,11)(H,10,14). The fourth-order valence-electron chi connectivity index (χ4n) is 1.80. The first-order chi connectivity index (χ1) is 8.46. The topological polar surface area (TPSA) is 118 Å². The maximum absolute atomic E-state index is 12.3. The van der Waals surface area contributed by atoms with Crippen LogP contribution in [-0.2, 0) is 14.8 Å². The number of sulfonamides is 1. The summed E-state index contributed by atoms with van der Waals surface area (Å²) in [6, 6.07) is -0.700. The Morgan fingerprint density at radius 1 is 1.56 bits per heavy atom. The van der Waals surface area contributed by atoms with Crippen molar-refractivity contribution in [1.82, 2.24) is 19.8 Å². The van der Waals surface area contributed by atoms with Crippen molar-refractivity contribution in [3.05, 3.63) is 0 Å². The quantitative estimate of drug-likeness (QED) is 0.739. The Kier molecular flexibility index (Phi) is 3.50. The summed E-state index contributed by atoms with van der Waals surface area (Å²) in [5, 5.41) is 9.75. The molecule has 3 N–H and O–H groups in total. The first kappa shape index (κ1) is 13.2. The van der Waals surface area contributed by atoms with Crippen LogP contribution in [0.4, 0.5) is 5.13 Å². The minimum atomic E-state index is -3.80. The van der Waals surface area contributed by atoms with Gasteiger partial charge in [0.05, 0.1) is 0 Å². The van der Waals surface area contributed by atoms with Gasteiger partial charge in [-0.15, -0.1) is 10.2 Å². The fourth-order valence-corrected chi connectivity index (χ4v) is 4.36. The summed E-state index contributed by atoms with van der Waals surface area (Å²) >= 11 is 0.796. The molecular weight excluding hydrogens is 278 g/mol. The molecule has 0 aromatic carbocycles. The van der Waals surface area contributed by atoms with E-state index in [0.29, 0.717) is 13.0 Å². The van der Waals surface area contributed by atoms with Gasteiger partial charge in [0.2, 0.25) is 15.4 Å². The average Bonchev–Trinajstić information content (AvgIpc) is 2.76. The summed E-state index contributed by atoms with van der Waals surface area (Å²) < 4.78 is 25.6. The van der Waals surface area contributed by atoms with Crippen LogP contribution in [0, 0.1) is 0 Å². The largest absolute Gasteiger partial charge is 0.374 e. The minimum Gasteiger partial charge on any atom is -0.374 e. The second kappa shape index (κ2) is 4.78. The third-order valence-electron chi connectivity index (χ3n) is 2.62. The van der Waals surface area contributed by atoms with Gasteiger partial charge in [0, 0.05) is 13.1 Å². The van der Waals surface area contributed by atoms with Crippen molar-refractivity contribution in [1.29, 1.82) is 0 Å². The zero-order chi connectivity index (χ0) is 13.3. The number of nitrogens with one attached hydrogen (secondary N) is 1. The molecule has 18 heavy (non-hydrogen) atoms. The average molecular weight is 291 g/mol. The lowest BCUT2D eigenvalue weighted by molar-refractivity contribution is -0.126. The summed E-state index contributed by atoms with van der Waals surface area (Å²) in [5.74, 6) is -0.287. The molecule has 0 spiro atoms. The van der Waals surface area contributed by atoms with Crippen molar-refractivity contribution in [2.24, 2.45) is 0 Å². The molecule has 0 aliphatic carbocycles. The van der Waals surface area contributed by atoms with Crippen molar-refractivity contribution in [3.8, 4) is 0 Å². The van der Waals surface area contributed by atoms with Gasteiger partial charge < -0.3 is 11.1 Å². The summed E-state index contributed by atoms with van der Waals surface area (Å²) in [6.07, 6.45) is 0.402. The highest BCUT2D eigenvalue weighted by Crippen LogP contribution is 2.24. The fraction of sp³-hybridized carbons (Fsp3) is 0.625. The first-order valence-electron chi connectivity index (χ1n) is 5.35.